The molecule has 0 spiro atoms. The van der Waals surface area contributed by atoms with Gasteiger partial charge >= 0.3 is 5.97 Å². The number of carbonyl (C=O) groups excluding carboxylic acids is 1. The minimum atomic E-state index is -3.55. The smallest absolute Gasteiger partial charge is 0.316 e. The fraction of sp³-hybridized carbons (Fsp3) is 0.208. The first-order valence-electron chi connectivity index (χ1n) is 9.75. The van der Waals surface area contributed by atoms with Crippen LogP contribution in [0.3, 0.4) is 0 Å². The fourth-order valence-electron chi connectivity index (χ4n) is 3.21. The van der Waals surface area contributed by atoms with Crippen LogP contribution in [0.15, 0.2) is 97.3 Å². The first-order valence-corrected chi connectivity index (χ1v) is 12.5. The molecular formula is C24H23O4S2+. The number of benzene rings is 3. The molecule has 0 radical (unpaired) electrons. The maximum absolute atomic E-state index is 13.1. The van der Waals surface area contributed by atoms with E-state index < -0.39 is 26.1 Å². The van der Waals surface area contributed by atoms with Crippen LogP contribution in [0, 0.1) is 5.41 Å². The van der Waals surface area contributed by atoms with Crippen LogP contribution in [0.25, 0.3) is 0 Å². The number of esters is 1. The van der Waals surface area contributed by atoms with Crippen molar-refractivity contribution in [3.63, 3.8) is 0 Å². The summed E-state index contributed by atoms with van der Waals surface area (Å²) in [6, 6.07) is 21.7. The van der Waals surface area contributed by atoms with E-state index in [2.05, 4.69) is 0 Å². The van der Waals surface area contributed by atoms with E-state index in [9.17, 15) is 13.2 Å². The van der Waals surface area contributed by atoms with E-state index in [1.807, 2.05) is 57.2 Å². The highest BCUT2D eigenvalue weighted by Gasteiger charge is 2.44. The second-order valence-corrected chi connectivity index (χ2v) is 11.7. The molecule has 0 saturated heterocycles. The van der Waals surface area contributed by atoms with Crippen molar-refractivity contribution < 1.29 is 17.9 Å². The van der Waals surface area contributed by atoms with Crippen molar-refractivity contribution in [1.82, 2.24) is 0 Å². The molecule has 0 fully saturated rings. The van der Waals surface area contributed by atoms with Crippen molar-refractivity contribution in [2.75, 3.05) is 0 Å². The normalized spacial score (nSPS) is 15.2. The van der Waals surface area contributed by atoms with Gasteiger partial charge in [0, 0.05) is 0 Å². The Labute approximate surface area is 180 Å². The van der Waals surface area contributed by atoms with Gasteiger partial charge in [0.1, 0.15) is 26.4 Å². The number of fused-ring (bicyclic) bond motifs is 2. The van der Waals surface area contributed by atoms with Gasteiger partial charge in [-0.25, -0.2) is 8.42 Å². The average molecular weight is 440 g/mol. The van der Waals surface area contributed by atoms with Gasteiger partial charge in [-0.15, -0.1) is 0 Å². The zero-order valence-corrected chi connectivity index (χ0v) is 18.7. The molecule has 1 aliphatic heterocycles. The van der Waals surface area contributed by atoms with E-state index >= 15 is 0 Å². The number of rotatable bonds is 4. The van der Waals surface area contributed by atoms with Crippen molar-refractivity contribution >= 4 is 26.7 Å². The third kappa shape index (κ3) is 3.44. The molecule has 0 saturated carbocycles. The van der Waals surface area contributed by atoms with Gasteiger partial charge in [-0.2, -0.15) is 0 Å². The van der Waals surface area contributed by atoms with E-state index in [1.54, 1.807) is 36.4 Å². The zero-order chi connectivity index (χ0) is 21.5. The van der Waals surface area contributed by atoms with E-state index in [0.717, 1.165) is 14.7 Å². The Morgan fingerprint density at radius 1 is 0.867 bits per heavy atom. The van der Waals surface area contributed by atoms with Crippen LogP contribution in [0.2, 0.25) is 0 Å². The average Bonchev–Trinajstić information content (AvgIpc) is 2.75. The molecule has 1 heterocycles. The minimum absolute atomic E-state index is 0.264. The summed E-state index contributed by atoms with van der Waals surface area (Å²) in [6.45, 7) is 5.68. The van der Waals surface area contributed by atoms with E-state index in [4.69, 9.17) is 4.74 Å². The van der Waals surface area contributed by atoms with Gasteiger partial charge in [0.15, 0.2) is 14.7 Å². The van der Waals surface area contributed by atoms with Crippen molar-refractivity contribution in [3.05, 3.63) is 72.8 Å². The maximum atomic E-state index is 13.1. The summed E-state index contributed by atoms with van der Waals surface area (Å²) >= 11 is 0. The molecule has 4 nitrogen and oxygen atoms in total. The molecule has 0 bridgehead atoms. The molecule has 0 unspecified atom stereocenters. The summed E-state index contributed by atoms with van der Waals surface area (Å²) in [6.07, 6.45) is 0.690. The third-order valence-corrected chi connectivity index (χ3v) is 9.89. The first-order chi connectivity index (χ1) is 14.3. The van der Waals surface area contributed by atoms with E-state index in [0.29, 0.717) is 22.0 Å². The fourth-order valence-corrected chi connectivity index (χ4v) is 7.90. The van der Waals surface area contributed by atoms with E-state index in [1.165, 1.54) is 0 Å². The van der Waals surface area contributed by atoms with Crippen LogP contribution in [0.5, 0.6) is 5.75 Å². The predicted octanol–water partition coefficient (Wildman–Crippen LogP) is 5.27. The Morgan fingerprint density at radius 2 is 1.37 bits per heavy atom. The Balaban J connectivity index is 1.76. The second kappa shape index (κ2) is 7.60. The van der Waals surface area contributed by atoms with Gasteiger partial charge in [0.25, 0.3) is 0 Å². The highest BCUT2D eigenvalue weighted by Crippen LogP contribution is 2.44. The largest absolute Gasteiger partial charge is 0.426 e. The summed E-state index contributed by atoms with van der Waals surface area (Å²) in [5.74, 6) is 0.222. The summed E-state index contributed by atoms with van der Waals surface area (Å²) in [4.78, 5) is 15.6. The molecule has 3 aromatic rings. The second-order valence-electron chi connectivity index (χ2n) is 7.80. The SMILES string of the molecule is CCC(C)(C)C(=O)Oc1ccc([S+]2c3ccccc3S(=O)(=O)c3ccccc32)cc1. The number of carbonyl (C=O) groups is 1. The Kier molecular flexibility index (Phi) is 5.24. The summed E-state index contributed by atoms with van der Waals surface area (Å²) in [5.41, 5.74) is -0.546. The highest BCUT2D eigenvalue weighted by molar-refractivity contribution is 8.00. The molecule has 0 amide bonds. The molecule has 3 aromatic carbocycles. The maximum Gasteiger partial charge on any atom is 0.316 e. The topological polar surface area (TPSA) is 60.4 Å². The Hall–Kier alpha value is -2.57. The quantitative estimate of drug-likeness (QED) is 0.247. The van der Waals surface area contributed by atoms with Gasteiger partial charge in [-0.3, -0.25) is 4.79 Å². The molecule has 0 N–H and O–H groups in total. The number of ether oxygens (including phenoxy) is 1. The Bertz CT molecular complexity index is 1160. The number of hydrogen-bond acceptors (Lipinski definition) is 4. The van der Waals surface area contributed by atoms with Gasteiger partial charge in [0.05, 0.1) is 5.41 Å². The zero-order valence-electron chi connectivity index (χ0n) is 17.1. The highest BCUT2D eigenvalue weighted by atomic mass is 32.2. The first kappa shape index (κ1) is 20.7. The van der Waals surface area contributed by atoms with Crippen LogP contribution in [-0.4, -0.2) is 14.4 Å². The molecule has 6 heteroatoms. The molecule has 154 valence electrons. The lowest BCUT2D eigenvalue weighted by molar-refractivity contribution is -0.144. The van der Waals surface area contributed by atoms with Gasteiger partial charge in [-0.1, -0.05) is 31.2 Å². The summed E-state index contributed by atoms with van der Waals surface area (Å²) < 4.78 is 31.8. The molecular weight excluding hydrogens is 416 g/mol. The lowest BCUT2D eigenvalue weighted by Gasteiger charge is -2.21. The van der Waals surface area contributed by atoms with Crippen molar-refractivity contribution in [2.24, 2.45) is 5.41 Å². The van der Waals surface area contributed by atoms with Gasteiger partial charge in [-0.05, 0) is 68.8 Å². The molecule has 0 aliphatic carbocycles. The molecule has 0 aromatic heterocycles. The van der Waals surface area contributed by atoms with Crippen LogP contribution in [0.4, 0.5) is 0 Å². The summed E-state index contributed by atoms with van der Waals surface area (Å²) in [5, 5.41) is 0. The summed E-state index contributed by atoms with van der Waals surface area (Å²) in [7, 11) is -4.11. The Morgan fingerprint density at radius 3 is 1.87 bits per heavy atom. The van der Waals surface area contributed by atoms with Crippen molar-refractivity contribution in [3.8, 4) is 5.75 Å². The van der Waals surface area contributed by atoms with Crippen LogP contribution in [-0.2, 0) is 25.5 Å². The van der Waals surface area contributed by atoms with Crippen LogP contribution >= 0.6 is 0 Å². The molecule has 0 atom stereocenters. The number of sulfone groups is 1. The van der Waals surface area contributed by atoms with Crippen molar-refractivity contribution in [2.45, 2.75) is 51.7 Å². The lowest BCUT2D eigenvalue weighted by Crippen LogP contribution is -2.28. The van der Waals surface area contributed by atoms with Crippen molar-refractivity contribution in [1.29, 1.82) is 0 Å². The lowest BCUT2D eigenvalue weighted by atomic mass is 9.91. The molecule has 1 aliphatic rings. The number of hydrogen-bond donors (Lipinski definition) is 0. The molecule has 30 heavy (non-hydrogen) atoms. The van der Waals surface area contributed by atoms with Gasteiger partial charge < -0.3 is 4.74 Å². The van der Waals surface area contributed by atoms with Gasteiger partial charge in [0.2, 0.25) is 9.84 Å². The monoisotopic (exact) mass is 439 g/mol. The van der Waals surface area contributed by atoms with E-state index in [-0.39, 0.29) is 5.97 Å². The standard InChI is InChI=1S/C24H23O4S2/c1-4-24(2,3)23(25)28-17-13-15-18(16-14-17)29-19-9-5-7-11-21(19)30(26,27)22-12-8-6-10-20(22)29/h5-16H,4H2,1-3H3/q+1. The minimum Gasteiger partial charge on any atom is -0.426 e. The van der Waals surface area contributed by atoms with Crippen LogP contribution < -0.4 is 4.74 Å². The third-order valence-electron chi connectivity index (χ3n) is 5.42. The predicted molar refractivity (Wildman–Crippen MR) is 117 cm³/mol. The molecule has 4 rings (SSSR count). The van der Waals surface area contributed by atoms with Crippen LogP contribution in [0.1, 0.15) is 27.2 Å².